The van der Waals surface area contributed by atoms with E-state index in [9.17, 15) is 21.6 Å². The summed E-state index contributed by atoms with van der Waals surface area (Å²) < 4.78 is 66.7. The molecule has 0 heterocycles. The van der Waals surface area contributed by atoms with Gasteiger partial charge >= 0.3 is 15.6 Å². The van der Waals surface area contributed by atoms with Crippen molar-refractivity contribution in [2.45, 2.75) is 77.0 Å². The summed E-state index contributed by atoms with van der Waals surface area (Å²) in [4.78, 5) is 0. The first-order chi connectivity index (χ1) is 9.04. The molecule has 0 bridgehead atoms. The van der Waals surface area contributed by atoms with E-state index in [-0.39, 0.29) is 17.0 Å². The number of halogens is 3. The molecule has 0 aromatic heterocycles. The number of hydrogen-bond acceptors (Lipinski definition) is 3. The SMILES string of the molecule is CC(C)C(C)(C)[Si](OS(=O)(=O)C(F)(F)F)(C(C)C)C(C)C. The zero-order chi connectivity index (χ0) is 17.4. The summed E-state index contributed by atoms with van der Waals surface area (Å²) in [7, 11) is -8.89. The van der Waals surface area contributed by atoms with E-state index in [0.717, 1.165) is 0 Å². The zero-order valence-corrected chi connectivity index (χ0v) is 15.8. The third kappa shape index (κ3) is 3.64. The van der Waals surface area contributed by atoms with Crippen LogP contribution in [0.4, 0.5) is 13.2 Å². The summed E-state index contributed by atoms with van der Waals surface area (Å²) in [6, 6.07) is 0. The topological polar surface area (TPSA) is 43.4 Å². The predicted octanol–water partition coefficient (Wildman–Crippen LogP) is 5.05. The minimum Gasteiger partial charge on any atom is -0.307 e. The molecule has 0 radical (unpaired) electrons. The lowest BCUT2D eigenvalue weighted by atomic mass is 9.99. The van der Waals surface area contributed by atoms with Gasteiger partial charge < -0.3 is 3.87 Å². The molecule has 3 nitrogen and oxygen atoms in total. The van der Waals surface area contributed by atoms with Gasteiger partial charge in [-0.05, 0) is 22.0 Å². The Morgan fingerprint density at radius 2 is 1.24 bits per heavy atom. The maximum Gasteiger partial charge on any atom is 0.522 e. The summed E-state index contributed by atoms with van der Waals surface area (Å²) in [5.41, 5.74) is -5.93. The Kier molecular flexibility index (Phi) is 6.17. The van der Waals surface area contributed by atoms with Crippen molar-refractivity contribution in [3.8, 4) is 0 Å². The van der Waals surface area contributed by atoms with E-state index in [4.69, 9.17) is 3.87 Å². The van der Waals surface area contributed by atoms with E-state index in [1.165, 1.54) is 0 Å². The van der Waals surface area contributed by atoms with E-state index in [0.29, 0.717) is 0 Å². The summed E-state index contributed by atoms with van der Waals surface area (Å²) in [6.45, 7) is 14.4. The van der Waals surface area contributed by atoms with Crippen molar-refractivity contribution in [2.24, 2.45) is 5.92 Å². The Hall–Kier alpha value is -0.0831. The quantitative estimate of drug-likeness (QED) is 0.498. The molecule has 0 spiro atoms. The molecule has 8 heteroatoms. The van der Waals surface area contributed by atoms with Gasteiger partial charge in [0, 0.05) is 0 Å². The van der Waals surface area contributed by atoms with Gasteiger partial charge in [0.1, 0.15) is 0 Å². The molecular weight excluding hydrogens is 321 g/mol. The highest BCUT2D eigenvalue weighted by molar-refractivity contribution is 7.88. The molecule has 0 aromatic rings. The van der Waals surface area contributed by atoms with Crippen molar-refractivity contribution in [1.82, 2.24) is 0 Å². The van der Waals surface area contributed by atoms with Crippen molar-refractivity contribution in [1.29, 1.82) is 0 Å². The Balaban J connectivity index is 6.24. The molecule has 128 valence electrons. The standard InChI is InChI=1S/C13H27F3O3SSi/c1-9(2)12(7,8)21(10(3)4,11(5)6)19-20(17,18)13(14,15)16/h9-11H,1-8H3. The number of alkyl halides is 3. The number of rotatable bonds is 6. The Morgan fingerprint density at radius 1 is 0.905 bits per heavy atom. The first kappa shape index (κ1) is 20.9. The van der Waals surface area contributed by atoms with Crippen LogP contribution in [0.1, 0.15) is 55.4 Å². The fourth-order valence-corrected chi connectivity index (χ4v) is 12.6. The molecule has 0 aromatic carbocycles. The second-order valence-electron chi connectivity index (χ2n) is 6.96. The fraction of sp³-hybridized carbons (Fsp3) is 1.00. The van der Waals surface area contributed by atoms with Crippen LogP contribution in [0.25, 0.3) is 0 Å². The summed E-state index contributed by atoms with van der Waals surface area (Å²) in [6.07, 6.45) is 0. The van der Waals surface area contributed by atoms with Gasteiger partial charge in [0.25, 0.3) is 0 Å². The fourth-order valence-electron chi connectivity index (χ4n) is 3.13. The molecule has 21 heavy (non-hydrogen) atoms. The molecule has 0 N–H and O–H groups in total. The van der Waals surface area contributed by atoms with Crippen molar-refractivity contribution >= 4 is 18.4 Å². The molecule has 0 rings (SSSR count). The van der Waals surface area contributed by atoms with Gasteiger partial charge in [0.15, 0.2) is 0 Å². The van der Waals surface area contributed by atoms with Crippen LogP contribution in [0, 0.1) is 5.92 Å². The molecule has 0 saturated heterocycles. The van der Waals surface area contributed by atoms with E-state index >= 15 is 0 Å². The molecule has 0 atom stereocenters. The predicted molar refractivity (Wildman–Crippen MR) is 80.9 cm³/mol. The Bertz CT molecular complexity index is 446. The van der Waals surface area contributed by atoms with Crippen molar-refractivity contribution < 1.29 is 25.5 Å². The highest BCUT2D eigenvalue weighted by Crippen LogP contribution is 2.56. The monoisotopic (exact) mass is 348 g/mol. The molecule has 0 fully saturated rings. The van der Waals surface area contributed by atoms with Crippen LogP contribution in [0.3, 0.4) is 0 Å². The lowest BCUT2D eigenvalue weighted by Crippen LogP contribution is -2.57. The van der Waals surface area contributed by atoms with Crippen LogP contribution in [-0.2, 0) is 14.0 Å². The molecule has 0 aliphatic carbocycles. The lowest BCUT2D eigenvalue weighted by Gasteiger charge is -2.51. The van der Waals surface area contributed by atoms with Crippen molar-refractivity contribution in [3.05, 3.63) is 0 Å². The van der Waals surface area contributed by atoms with Gasteiger partial charge in [-0.3, -0.25) is 0 Å². The average molecular weight is 349 g/mol. The first-order valence-electron chi connectivity index (χ1n) is 7.06. The lowest BCUT2D eigenvalue weighted by molar-refractivity contribution is -0.0507. The van der Waals surface area contributed by atoms with Crippen LogP contribution in [-0.4, -0.2) is 22.2 Å². The second-order valence-corrected chi connectivity index (χ2v) is 14.2. The highest BCUT2D eigenvalue weighted by atomic mass is 32.2. The minimum atomic E-state index is -5.60. The molecule has 0 saturated carbocycles. The molecule has 0 aliphatic heterocycles. The third-order valence-electron chi connectivity index (χ3n) is 4.70. The van der Waals surface area contributed by atoms with E-state index in [1.54, 1.807) is 27.7 Å². The maximum absolute atomic E-state index is 12.8. The van der Waals surface area contributed by atoms with Crippen molar-refractivity contribution in [2.75, 3.05) is 0 Å². The summed E-state index contributed by atoms with van der Waals surface area (Å²) in [5, 5.41) is -0.631. The van der Waals surface area contributed by atoms with Crippen LogP contribution < -0.4 is 0 Å². The second kappa shape index (κ2) is 6.20. The van der Waals surface area contributed by atoms with E-state index in [1.807, 2.05) is 27.7 Å². The number of hydrogen-bond donors (Lipinski definition) is 0. The van der Waals surface area contributed by atoms with Crippen LogP contribution >= 0.6 is 0 Å². The van der Waals surface area contributed by atoms with Crippen LogP contribution in [0.15, 0.2) is 0 Å². The molecule has 0 unspecified atom stereocenters. The van der Waals surface area contributed by atoms with Gasteiger partial charge in [-0.1, -0.05) is 55.4 Å². The van der Waals surface area contributed by atoms with Crippen molar-refractivity contribution in [3.63, 3.8) is 0 Å². The highest BCUT2D eigenvalue weighted by Gasteiger charge is 2.62. The summed E-state index contributed by atoms with van der Waals surface area (Å²) in [5.74, 6) is -0.00241. The van der Waals surface area contributed by atoms with Crippen LogP contribution in [0.5, 0.6) is 0 Å². The average Bonchev–Trinajstić information content (AvgIpc) is 2.22. The summed E-state index contributed by atoms with van der Waals surface area (Å²) >= 11 is 0. The van der Waals surface area contributed by atoms with Gasteiger partial charge in [0.05, 0.1) is 0 Å². The van der Waals surface area contributed by atoms with Gasteiger partial charge in [-0.25, -0.2) is 0 Å². The van der Waals surface area contributed by atoms with Gasteiger partial charge in [0.2, 0.25) is 8.32 Å². The van der Waals surface area contributed by atoms with E-state index < -0.39 is 29.0 Å². The normalized spacial score (nSPS) is 15.3. The smallest absolute Gasteiger partial charge is 0.307 e. The maximum atomic E-state index is 12.8. The zero-order valence-electron chi connectivity index (χ0n) is 14.0. The minimum absolute atomic E-state index is 0.00241. The first-order valence-corrected chi connectivity index (χ1v) is 10.5. The third-order valence-corrected chi connectivity index (χ3v) is 13.3. The largest absolute Gasteiger partial charge is 0.522 e. The van der Waals surface area contributed by atoms with Crippen LogP contribution in [0.2, 0.25) is 16.1 Å². The Morgan fingerprint density at radius 3 is 1.43 bits per heavy atom. The van der Waals surface area contributed by atoms with Gasteiger partial charge in [-0.15, -0.1) is 0 Å². The molecular formula is C13H27F3O3SSi. The van der Waals surface area contributed by atoms with Gasteiger partial charge in [-0.2, -0.15) is 21.6 Å². The Labute approximate surface area is 127 Å². The molecule has 0 aliphatic rings. The molecule has 0 amide bonds. The van der Waals surface area contributed by atoms with E-state index in [2.05, 4.69) is 0 Å².